The lowest BCUT2D eigenvalue weighted by Crippen LogP contribution is -2.33. The van der Waals surface area contributed by atoms with Crippen molar-refractivity contribution in [3.05, 3.63) is 21.0 Å². The molecule has 0 saturated heterocycles. The molecule has 0 atom stereocenters. The summed E-state index contributed by atoms with van der Waals surface area (Å²) in [6, 6.07) is 0.279. The molecule has 0 bridgehead atoms. The molecule has 0 spiro atoms. The Bertz CT molecular complexity index is 496. The molecule has 0 aromatic carbocycles. The lowest BCUT2D eigenvalue weighted by molar-refractivity contribution is -0.143. The van der Waals surface area contributed by atoms with Gasteiger partial charge in [0.05, 0.1) is 11.9 Å². The van der Waals surface area contributed by atoms with E-state index in [1.807, 2.05) is 0 Å². The van der Waals surface area contributed by atoms with Crippen LogP contribution in [-0.4, -0.2) is 22.0 Å². The molecule has 1 aliphatic carbocycles. The van der Waals surface area contributed by atoms with Crippen molar-refractivity contribution >= 4 is 21.6 Å². The van der Waals surface area contributed by atoms with Gasteiger partial charge < -0.3 is 5.32 Å². The Labute approximate surface area is 109 Å². The molecule has 1 heterocycles. The first-order valence-electron chi connectivity index (χ1n) is 5.46. The van der Waals surface area contributed by atoms with Gasteiger partial charge in [0.1, 0.15) is 11.0 Å². The Hall–Kier alpha value is -1.05. The monoisotopic (exact) mass is 325 g/mol. The summed E-state index contributed by atoms with van der Waals surface area (Å²) in [5, 5.41) is 6.60. The van der Waals surface area contributed by atoms with Crippen molar-refractivity contribution in [2.24, 2.45) is 0 Å². The average Bonchev–Trinajstić information content (AvgIpc) is 2.19. The molecule has 0 amide bonds. The molecule has 4 nitrogen and oxygen atoms in total. The van der Waals surface area contributed by atoms with Crippen molar-refractivity contribution in [2.45, 2.75) is 38.0 Å². The van der Waals surface area contributed by atoms with Gasteiger partial charge in [-0.2, -0.15) is 18.3 Å². The SMILES string of the molecule is O=c1c(Br)c(NC2CCC2)cnn1CC(F)(F)F. The number of hydrogen-bond donors (Lipinski definition) is 1. The molecule has 0 aliphatic heterocycles. The lowest BCUT2D eigenvalue weighted by atomic mass is 9.93. The highest BCUT2D eigenvalue weighted by atomic mass is 79.9. The van der Waals surface area contributed by atoms with Crippen LogP contribution in [-0.2, 0) is 6.54 Å². The second kappa shape index (κ2) is 4.91. The molecule has 1 saturated carbocycles. The summed E-state index contributed by atoms with van der Waals surface area (Å²) in [6.07, 6.45) is -0.0985. The quantitative estimate of drug-likeness (QED) is 0.929. The van der Waals surface area contributed by atoms with Crippen LogP contribution in [0.1, 0.15) is 19.3 Å². The number of nitrogens with zero attached hydrogens (tertiary/aromatic N) is 2. The van der Waals surface area contributed by atoms with Gasteiger partial charge in [-0.15, -0.1) is 0 Å². The molecule has 0 unspecified atom stereocenters. The number of halogens is 4. The van der Waals surface area contributed by atoms with E-state index in [-0.39, 0.29) is 10.5 Å². The van der Waals surface area contributed by atoms with Gasteiger partial charge in [-0.25, -0.2) is 4.68 Å². The zero-order valence-corrected chi connectivity index (χ0v) is 10.9. The van der Waals surface area contributed by atoms with Gasteiger partial charge in [0.15, 0.2) is 0 Å². The molecular formula is C10H11BrF3N3O. The third-order valence-electron chi connectivity index (χ3n) is 2.78. The average molecular weight is 326 g/mol. The fraction of sp³-hybridized carbons (Fsp3) is 0.600. The van der Waals surface area contributed by atoms with Gasteiger partial charge in [0, 0.05) is 6.04 Å². The van der Waals surface area contributed by atoms with Crippen molar-refractivity contribution in [2.75, 3.05) is 5.32 Å². The first-order chi connectivity index (χ1) is 8.37. The topological polar surface area (TPSA) is 46.9 Å². The molecule has 1 N–H and O–H groups in total. The lowest BCUT2D eigenvalue weighted by Gasteiger charge is -2.27. The molecule has 100 valence electrons. The molecule has 1 aromatic heterocycles. The fourth-order valence-corrected chi connectivity index (χ4v) is 2.04. The highest BCUT2D eigenvalue weighted by Gasteiger charge is 2.30. The number of hydrogen-bond acceptors (Lipinski definition) is 3. The summed E-state index contributed by atoms with van der Waals surface area (Å²) >= 11 is 3.02. The van der Waals surface area contributed by atoms with E-state index >= 15 is 0 Å². The smallest absolute Gasteiger partial charge is 0.380 e. The summed E-state index contributed by atoms with van der Waals surface area (Å²) in [4.78, 5) is 11.7. The van der Waals surface area contributed by atoms with Crippen LogP contribution in [0.15, 0.2) is 15.5 Å². The van der Waals surface area contributed by atoms with Gasteiger partial charge in [-0.3, -0.25) is 4.79 Å². The summed E-state index contributed by atoms with van der Waals surface area (Å²) < 4.78 is 37.1. The van der Waals surface area contributed by atoms with E-state index in [9.17, 15) is 18.0 Å². The van der Waals surface area contributed by atoms with Crippen LogP contribution in [0.3, 0.4) is 0 Å². The Morgan fingerprint density at radius 3 is 2.67 bits per heavy atom. The van der Waals surface area contributed by atoms with Crippen LogP contribution in [0, 0.1) is 0 Å². The Kier molecular flexibility index (Phi) is 3.65. The Morgan fingerprint density at radius 1 is 1.50 bits per heavy atom. The van der Waals surface area contributed by atoms with E-state index in [1.54, 1.807) is 0 Å². The molecule has 1 fully saturated rings. The molecule has 1 aliphatic rings. The maximum absolute atomic E-state index is 12.2. The van der Waals surface area contributed by atoms with Crippen LogP contribution in [0.2, 0.25) is 0 Å². The van der Waals surface area contributed by atoms with Gasteiger partial charge in [0.25, 0.3) is 5.56 Å². The van der Waals surface area contributed by atoms with E-state index in [0.717, 1.165) is 19.3 Å². The van der Waals surface area contributed by atoms with Gasteiger partial charge in [-0.1, -0.05) is 0 Å². The molecule has 8 heteroatoms. The van der Waals surface area contributed by atoms with Crippen molar-refractivity contribution < 1.29 is 13.2 Å². The van der Waals surface area contributed by atoms with Crippen LogP contribution in [0.5, 0.6) is 0 Å². The molecule has 1 aromatic rings. The second-order valence-corrected chi connectivity index (χ2v) is 5.02. The van der Waals surface area contributed by atoms with Crippen molar-refractivity contribution in [1.29, 1.82) is 0 Å². The molecular weight excluding hydrogens is 315 g/mol. The van der Waals surface area contributed by atoms with Gasteiger partial charge in [-0.05, 0) is 35.2 Å². The van der Waals surface area contributed by atoms with Crippen molar-refractivity contribution in [1.82, 2.24) is 9.78 Å². The van der Waals surface area contributed by atoms with Gasteiger partial charge in [0.2, 0.25) is 0 Å². The zero-order chi connectivity index (χ0) is 13.3. The molecule has 0 radical (unpaired) electrons. The summed E-state index contributed by atoms with van der Waals surface area (Å²) in [5.74, 6) is 0. The minimum Gasteiger partial charge on any atom is -0.380 e. The van der Waals surface area contributed by atoms with E-state index in [4.69, 9.17) is 0 Å². The van der Waals surface area contributed by atoms with Crippen LogP contribution in [0.25, 0.3) is 0 Å². The Balaban J connectivity index is 2.20. The third kappa shape index (κ3) is 3.04. The predicted octanol–water partition coefficient (Wildman–Crippen LogP) is 2.53. The largest absolute Gasteiger partial charge is 0.408 e. The van der Waals surface area contributed by atoms with E-state index in [2.05, 4.69) is 26.3 Å². The van der Waals surface area contributed by atoms with Crippen molar-refractivity contribution in [3.63, 3.8) is 0 Å². The first kappa shape index (κ1) is 13.4. The molecule has 2 rings (SSSR count). The number of aromatic nitrogens is 2. The van der Waals surface area contributed by atoms with E-state index in [0.29, 0.717) is 10.4 Å². The normalized spacial score (nSPS) is 16.4. The summed E-state index contributed by atoms with van der Waals surface area (Å²) in [5.41, 5.74) is -0.334. The number of rotatable bonds is 3. The first-order valence-corrected chi connectivity index (χ1v) is 6.25. The number of anilines is 1. The van der Waals surface area contributed by atoms with E-state index in [1.165, 1.54) is 6.20 Å². The zero-order valence-electron chi connectivity index (χ0n) is 9.30. The highest BCUT2D eigenvalue weighted by molar-refractivity contribution is 9.10. The fourth-order valence-electron chi connectivity index (χ4n) is 1.62. The standard InChI is InChI=1S/C10H11BrF3N3O/c11-8-7(16-6-2-1-3-6)4-15-17(9(8)18)5-10(12,13)14/h4,6,16H,1-3,5H2. The maximum Gasteiger partial charge on any atom is 0.408 e. The molecule has 18 heavy (non-hydrogen) atoms. The van der Waals surface area contributed by atoms with Crippen LogP contribution < -0.4 is 10.9 Å². The summed E-state index contributed by atoms with van der Waals surface area (Å²) in [7, 11) is 0. The van der Waals surface area contributed by atoms with Crippen LogP contribution in [0.4, 0.5) is 18.9 Å². The second-order valence-electron chi connectivity index (χ2n) is 4.22. The maximum atomic E-state index is 12.2. The number of nitrogens with one attached hydrogen (secondary N) is 1. The predicted molar refractivity (Wildman–Crippen MR) is 63.5 cm³/mol. The van der Waals surface area contributed by atoms with Crippen LogP contribution >= 0.6 is 15.9 Å². The minimum atomic E-state index is -4.46. The van der Waals surface area contributed by atoms with Crippen molar-refractivity contribution in [3.8, 4) is 0 Å². The highest BCUT2D eigenvalue weighted by Crippen LogP contribution is 2.26. The Morgan fingerprint density at radius 2 is 2.17 bits per heavy atom. The number of alkyl halides is 3. The van der Waals surface area contributed by atoms with Gasteiger partial charge >= 0.3 is 6.18 Å². The summed E-state index contributed by atoms with van der Waals surface area (Å²) in [6.45, 7) is -1.38. The minimum absolute atomic E-state index is 0.0913. The van der Waals surface area contributed by atoms with E-state index < -0.39 is 18.3 Å². The third-order valence-corrected chi connectivity index (χ3v) is 3.55.